The molecule has 0 amide bonds. The number of hydrogen-bond acceptors (Lipinski definition) is 4. The Balaban J connectivity index is 1.74. The lowest BCUT2D eigenvalue weighted by atomic mass is 10.2. The first-order chi connectivity index (χ1) is 10.0. The van der Waals surface area contributed by atoms with Gasteiger partial charge in [0, 0.05) is 10.6 Å². The van der Waals surface area contributed by atoms with Crippen LogP contribution in [0.25, 0.3) is 11.3 Å². The van der Waals surface area contributed by atoms with Gasteiger partial charge >= 0.3 is 0 Å². The number of nitrogens with zero attached hydrogens (tertiary/aromatic N) is 1. The maximum atomic E-state index is 11.4. The van der Waals surface area contributed by atoms with E-state index in [1.807, 2.05) is 30.3 Å². The van der Waals surface area contributed by atoms with E-state index in [0.29, 0.717) is 23.0 Å². The molecule has 0 bridgehead atoms. The summed E-state index contributed by atoms with van der Waals surface area (Å²) < 4.78 is 28.4. The summed E-state index contributed by atoms with van der Waals surface area (Å²) in [5, 5.41) is 0.648. The predicted molar refractivity (Wildman–Crippen MR) is 83.8 cm³/mol. The van der Waals surface area contributed by atoms with Crippen molar-refractivity contribution in [2.24, 2.45) is 4.99 Å². The SMILES string of the molecule is O=S1(=O)CCC(N=Cc2ccc(-c3cccc(Cl)c3)o2)C1. The van der Waals surface area contributed by atoms with Crippen LogP contribution in [0.1, 0.15) is 12.2 Å². The lowest BCUT2D eigenvalue weighted by Crippen LogP contribution is -2.07. The number of aliphatic imine (C=N–C) groups is 1. The van der Waals surface area contributed by atoms with Crippen LogP contribution in [0.2, 0.25) is 5.02 Å². The molecule has 6 heteroatoms. The summed E-state index contributed by atoms with van der Waals surface area (Å²) in [6.07, 6.45) is 2.18. The lowest BCUT2D eigenvalue weighted by Gasteiger charge is -1.98. The van der Waals surface area contributed by atoms with Gasteiger partial charge in [0.05, 0.1) is 23.8 Å². The Labute approximate surface area is 128 Å². The van der Waals surface area contributed by atoms with Crippen molar-refractivity contribution in [3.63, 3.8) is 0 Å². The van der Waals surface area contributed by atoms with Crippen LogP contribution >= 0.6 is 11.6 Å². The van der Waals surface area contributed by atoms with Gasteiger partial charge in [0.15, 0.2) is 9.84 Å². The molecule has 0 saturated carbocycles. The monoisotopic (exact) mass is 323 g/mol. The third-order valence-corrected chi connectivity index (χ3v) is 5.34. The van der Waals surface area contributed by atoms with Gasteiger partial charge < -0.3 is 4.42 Å². The Bertz CT molecular complexity index is 780. The molecule has 2 aromatic rings. The summed E-state index contributed by atoms with van der Waals surface area (Å²) in [6.45, 7) is 0. The van der Waals surface area contributed by atoms with E-state index >= 15 is 0 Å². The number of sulfone groups is 1. The van der Waals surface area contributed by atoms with Crippen molar-refractivity contribution in [1.29, 1.82) is 0 Å². The molecule has 1 aliphatic rings. The molecule has 0 aliphatic carbocycles. The molecule has 1 unspecified atom stereocenters. The van der Waals surface area contributed by atoms with Gasteiger partial charge in [-0.25, -0.2) is 8.42 Å². The fraction of sp³-hybridized carbons (Fsp3) is 0.267. The first kappa shape index (κ1) is 14.4. The fourth-order valence-electron chi connectivity index (χ4n) is 2.29. The van der Waals surface area contributed by atoms with Crippen molar-refractivity contribution < 1.29 is 12.8 Å². The van der Waals surface area contributed by atoms with Crippen LogP contribution in [0.4, 0.5) is 0 Å². The van der Waals surface area contributed by atoms with Gasteiger partial charge in [0.25, 0.3) is 0 Å². The third kappa shape index (κ3) is 3.54. The Morgan fingerprint density at radius 3 is 2.86 bits per heavy atom. The molecule has 0 radical (unpaired) electrons. The van der Waals surface area contributed by atoms with Gasteiger partial charge in [-0.1, -0.05) is 23.7 Å². The summed E-state index contributed by atoms with van der Waals surface area (Å²) in [5.41, 5.74) is 0.894. The molecular formula is C15H14ClNO3S. The number of furan rings is 1. The van der Waals surface area contributed by atoms with Crippen molar-refractivity contribution in [3.05, 3.63) is 47.2 Å². The maximum Gasteiger partial charge on any atom is 0.152 e. The molecule has 21 heavy (non-hydrogen) atoms. The van der Waals surface area contributed by atoms with E-state index in [1.165, 1.54) is 0 Å². The molecule has 2 heterocycles. The molecule has 1 aliphatic heterocycles. The summed E-state index contributed by atoms with van der Waals surface area (Å²) in [7, 11) is -2.90. The summed E-state index contributed by atoms with van der Waals surface area (Å²) in [4.78, 5) is 4.29. The molecule has 1 aromatic carbocycles. The van der Waals surface area contributed by atoms with Crippen molar-refractivity contribution in [1.82, 2.24) is 0 Å². The van der Waals surface area contributed by atoms with E-state index in [2.05, 4.69) is 4.99 Å². The topological polar surface area (TPSA) is 59.6 Å². The second-order valence-electron chi connectivity index (χ2n) is 5.05. The van der Waals surface area contributed by atoms with Crippen LogP contribution in [0.5, 0.6) is 0 Å². The quantitative estimate of drug-likeness (QED) is 0.815. The normalized spacial score (nSPS) is 21.1. The predicted octanol–water partition coefficient (Wildman–Crippen LogP) is 3.21. The third-order valence-electron chi connectivity index (χ3n) is 3.36. The molecule has 3 rings (SSSR count). The minimum atomic E-state index is -2.90. The largest absolute Gasteiger partial charge is 0.455 e. The van der Waals surface area contributed by atoms with E-state index in [-0.39, 0.29) is 17.5 Å². The van der Waals surface area contributed by atoms with Gasteiger partial charge in [-0.15, -0.1) is 0 Å². The van der Waals surface area contributed by atoms with Crippen LogP contribution in [-0.2, 0) is 9.84 Å². The Hall–Kier alpha value is -1.59. The van der Waals surface area contributed by atoms with E-state index in [0.717, 1.165) is 5.56 Å². The van der Waals surface area contributed by atoms with E-state index in [1.54, 1.807) is 12.3 Å². The highest BCUT2D eigenvalue weighted by molar-refractivity contribution is 7.91. The molecule has 4 nitrogen and oxygen atoms in total. The molecule has 1 saturated heterocycles. The highest BCUT2D eigenvalue weighted by Crippen LogP contribution is 2.24. The average molecular weight is 324 g/mol. The van der Waals surface area contributed by atoms with Crippen LogP contribution < -0.4 is 0 Å². The summed E-state index contributed by atoms with van der Waals surface area (Å²) >= 11 is 5.95. The highest BCUT2D eigenvalue weighted by Gasteiger charge is 2.26. The Kier molecular flexibility index (Phi) is 3.87. The summed E-state index contributed by atoms with van der Waals surface area (Å²) in [6, 6.07) is 10.9. The fourth-order valence-corrected chi connectivity index (χ4v) is 4.12. The van der Waals surface area contributed by atoms with Crippen molar-refractivity contribution in [2.45, 2.75) is 12.5 Å². The average Bonchev–Trinajstić information content (AvgIpc) is 3.03. The molecule has 1 aromatic heterocycles. The molecule has 1 fully saturated rings. The lowest BCUT2D eigenvalue weighted by molar-refractivity contribution is 0.573. The highest BCUT2D eigenvalue weighted by atomic mass is 35.5. The zero-order valence-electron chi connectivity index (χ0n) is 11.2. The number of hydrogen-bond donors (Lipinski definition) is 0. The number of halogens is 1. The standard InChI is InChI=1S/C15H14ClNO3S/c16-12-3-1-2-11(8-12)15-5-4-14(20-15)9-17-13-6-7-21(18,19)10-13/h1-5,8-9,13H,6-7,10H2. The van der Waals surface area contributed by atoms with Crippen LogP contribution in [0.3, 0.4) is 0 Å². The Morgan fingerprint density at radius 2 is 2.14 bits per heavy atom. The first-order valence-corrected chi connectivity index (χ1v) is 8.81. The molecule has 0 spiro atoms. The minimum Gasteiger partial charge on any atom is -0.455 e. The number of rotatable bonds is 3. The van der Waals surface area contributed by atoms with E-state index in [9.17, 15) is 8.42 Å². The van der Waals surface area contributed by atoms with Gasteiger partial charge in [-0.3, -0.25) is 4.99 Å². The van der Waals surface area contributed by atoms with Crippen molar-refractivity contribution in [3.8, 4) is 11.3 Å². The minimum absolute atomic E-state index is 0.130. The van der Waals surface area contributed by atoms with Crippen LogP contribution in [0.15, 0.2) is 45.8 Å². The van der Waals surface area contributed by atoms with Gasteiger partial charge in [-0.05, 0) is 30.7 Å². The molecular weight excluding hydrogens is 310 g/mol. The van der Waals surface area contributed by atoms with E-state index < -0.39 is 9.84 Å². The van der Waals surface area contributed by atoms with Gasteiger partial charge in [-0.2, -0.15) is 0 Å². The Morgan fingerprint density at radius 1 is 1.29 bits per heavy atom. The molecule has 1 atom stereocenters. The van der Waals surface area contributed by atoms with Crippen LogP contribution in [0, 0.1) is 0 Å². The zero-order chi connectivity index (χ0) is 14.9. The second kappa shape index (κ2) is 5.66. The smallest absolute Gasteiger partial charge is 0.152 e. The van der Waals surface area contributed by atoms with Crippen molar-refractivity contribution >= 4 is 27.7 Å². The second-order valence-corrected chi connectivity index (χ2v) is 7.71. The van der Waals surface area contributed by atoms with Gasteiger partial charge in [0.2, 0.25) is 0 Å². The zero-order valence-corrected chi connectivity index (χ0v) is 12.8. The summed E-state index contributed by atoms with van der Waals surface area (Å²) in [5.74, 6) is 1.67. The van der Waals surface area contributed by atoms with Crippen molar-refractivity contribution in [2.75, 3.05) is 11.5 Å². The van der Waals surface area contributed by atoms with E-state index in [4.69, 9.17) is 16.0 Å². The first-order valence-electron chi connectivity index (χ1n) is 6.61. The van der Waals surface area contributed by atoms with Crippen LogP contribution in [-0.4, -0.2) is 32.2 Å². The molecule has 0 N–H and O–H groups in total. The molecule has 110 valence electrons. The maximum absolute atomic E-state index is 11.4. The number of benzene rings is 1. The van der Waals surface area contributed by atoms with Gasteiger partial charge in [0.1, 0.15) is 11.5 Å².